The number of carbonyl (C=O) groups is 3. The first-order valence-corrected chi connectivity index (χ1v) is 5.94. The summed E-state index contributed by atoms with van der Waals surface area (Å²) in [7, 11) is 0. The minimum atomic E-state index is -0.771. The second kappa shape index (κ2) is 4.84. The van der Waals surface area contributed by atoms with Crippen LogP contribution in [-0.2, 0) is 9.59 Å². The second-order valence-corrected chi connectivity index (χ2v) is 4.53. The third-order valence-corrected chi connectivity index (χ3v) is 2.98. The van der Waals surface area contributed by atoms with Gasteiger partial charge in [-0.1, -0.05) is 0 Å². The van der Waals surface area contributed by atoms with Gasteiger partial charge in [0.05, 0.1) is 5.56 Å². The molecule has 0 amide bonds. The van der Waals surface area contributed by atoms with E-state index >= 15 is 0 Å². The Hall–Kier alpha value is -2.17. The van der Waals surface area contributed by atoms with E-state index in [2.05, 4.69) is 0 Å². The minimum Gasteiger partial charge on any atom is -0.489 e. The molecule has 2 rings (SSSR count). The van der Waals surface area contributed by atoms with Crippen molar-refractivity contribution in [3.63, 3.8) is 0 Å². The summed E-state index contributed by atoms with van der Waals surface area (Å²) in [5, 5.41) is 0. The van der Waals surface area contributed by atoms with Crippen molar-refractivity contribution < 1.29 is 23.9 Å². The highest BCUT2D eigenvalue weighted by Crippen LogP contribution is 2.34. The molecule has 0 aliphatic carbocycles. The van der Waals surface area contributed by atoms with Gasteiger partial charge in [0.25, 0.3) is 0 Å². The summed E-state index contributed by atoms with van der Waals surface area (Å²) in [4.78, 5) is 34.5. The van der Waals surface area contributed by atoms with Gasteiger partial charge >= 0.3 is 5.97 Å². The van der Waals surface area contributed by atoms with Gasteiger partial charge in [-0.15, -0.1) is 0 Å². The molecule has 1 aliphatic heterocycles. The predicted molar refractivity (Wildman–Crippen MR) is 66.3 cm³/mol. The zero-order valence-electron chi connectivity index (χ0n) is 10.9. The molecule has 100 valence electrons. The monoisotopic (exact) mass is 262 g/mol. The molecule has 1 heterocycles. The van der Waals surface area contributed by atoms with Crippen LogP contribution in [-0.4, -0.2) is 23.6 Å². The minimum absolute atomic E-state index is 0.216. The molecule has 0 fully saturated rings. The molecule has 1 aliphatic rings. The first kappa shape index (κ1) is 13.3. The van der Waals surface area contributed by atoms with Gasteiger partial charge in [0.1, 0.15) is 29.3 Å². The highest BCUT2D eigenvalue weighted by molar-refractivity contribution is 6.12. The molecule has 5 heteroatoms. The van der Waals surface area contributed by atoms with Gasteiger partial charge in [-0.25, -0.2) is 0 Å². The number of benzene rings is 1. The van der Waals surface area contributed by atoms with Gasteiger partial charge in [-0.3, -0.25) is 14.4 Å². The fourth-order valence-electron chi connectivity index (χ4n) is 2.20. The van der Waals surface area contributed by atoms with Gasteiger partial charge in [0.15, 0.2) is 5.78 Å². The molecular formula is C14H14O5. The zero-order chi connectivity index (χ0) is 14.2. The molecule has 1 aromatic rings. The molecule has 1 aromatic carbocycles. The van der Waals surface area contributed by atoms with Crippen LogP contribution in [0.1, 0.15) is 31.1 Å². The Morgan fingerprint density at radius 3 is 2.53 bits per heavy atom. The summed E-state index contributed by atoms with van der Waals surface area (Å²) in [6.07, 6.45) is -0.523. The number of carbonyl (C=O) groups excluding carboxylic acids is 3. The van der Waals surface area contributed by atoms with Crippen molar-refractivity contribution in [2.45, 2.75) is 26.9 Å². The van der Waals surface area contributed by atoms with Gasteiger partial charge in [0.2, 0.25) is 0 Å². The molecule has 0 saturated heterocycles. The molecule has 0 bridgehead atoms. The van der Waals surface area contributed by atoms with Gasteiger partial charge in [0, 0.05) is 13.0 Å². The first-order chi connectivity index (χ1) is 8.90. The number of rotatable bonds is 2. The zero-order valence-corrected chi connectivity index (χ0v) is 10.9. The smallest absolute Gasteiger partial charge is 0.308 e. The molecule has 0 radical (unpaired) electrons. The van der Waals surface area contributed by atoms with Crippen LogP contribution in [0.25, 0.3) is 0 Å². The summed E-state index contributed by atoms with van der Waals surface area (Å²) in [6.45, 7) is 4.34. The fraction of sp³-hybridized carbons (Fsp3) is 0.357. The number of Topliss-reactive ketones (excluding diaryl/α,β-unsaturated/α-hetero) is 2. The topological polar surface area (TPSA) is 69.7 Å². The lowest BCUT2D eigenvalue weighted by Crippen LogP contribution is -2.39. The highest BCUT2D eigenvalue weighted by atomic mass is 16.5. The highest BCUT2D eigenvalue weighted by Gasteiger charge is 2.37. The van der Waals surface area contributed by atoms with Crippen LogP contribution in [0, 0.1) is 5.92 Å². The van der Waals surface area contributed by atoms with Gasteiger partial charge in [-0.2, -0.15) is 0 Å². The Bertz CT molecular complexity index is 561. The molecule has 19 heavy (non-hydrogen) atoms. The van der Waals surface area contributed by atoms with E-state index in [-0.39, 0.29) is 11.6 Å². The molecule has 0 spiro atoms. The van der Waals surface area contributed by atoms with Crippen molar-refractivity contribution in [2.24, 2.45) is 5.92 Å². The Balaban J connectivity index is 2.38. The van der Waals surface area contributed by atoms with E-state index in [9.17, 15) is 14.4 Å². The van der Waals surface area contributed by atoms with Gasteiger partial charge in [-0.05, 0) is 26.0 Å². The lowest BCUT2D eigenvalue weighted by molar-refractivity contribution is -0.131. The summed E-state index contributed by atoms with van der Waals surface area (Å²) < 4.78 is 10.5. The maximum atomic E-state index is 12.2. The number of fused-ring (bicyclic) bond motifs is 1. The van der Waals surface area contributed by atoms with Crippen molar-refractivity contribution in [3.8, 4) is 11.5 Å². The number of hydrogen-bond donors (Lipinski definition) is 0. The molecule has 0 N–H and O–H groups in total. The summed E-state index contributed by atoms with van der Waals surface area (Å²) in [5.74, 6) is -1.03. The second-order valence-electron chi connectivity index (χ2n) is 4.53. The average Bonchev–Trinajstić information content (AvgIpc) is 2.26. The lowest BCUT2D eigenvalue weighted by Gasteiger charge is -2.28. The Kier molecular flexibility index (Phi) is 3.38. The van der Waals surface area contributed by atoms with Crippen LogP contribution in [0.5, 0.6) is 11.5 Å². The van der Waals surface area contributed by atoms with Crippen molar-refractivity contribution in [2.75, 3.05) is 0 Å². The van der Waals surface area contributed by atoms with Crippen molar-refractivity contribution in [3.05, 3.63) is 23.8 Å². The normalized spacial score (nSPS) is 21.3. The molecule has 0 unspecified atom stereocenters. The van der Waals surface area contributed by atoms with Crippen LogP contribution in [0.3, 0.4) is 0 Å². The van der Waals surface area contributed by atoms with Crippen molar-refractivity contribution in [1.82, 2.24) is 0 Å². The Morgan fingerprint density at radius 1 is 1.26 bits per heavy atom. The number of hydrogen-bond acceptors (Lipinski definition) is 5. The molecule has 2 atom stereocenters. The van der Waals surface area contributed by atoms with E-state index in [0.717, 1.165) is 0 Å². The number of ether oxygens (including phenoxy) is 2. The molecule has 5 nitrogen and oxygen atoms in total. The third-order valence-electron chi connectivity index (χ3n) is 2.98. The van der Waals surface area contributed by atoms with Crippen LogP contribution in [0.2, 0.25) is 0 Å². The quantitative estimate of drug-likeness (QED) is 0.461. The van der Waals surface area contributed by atoms with Crippen LogP contribution >= 0.6 is 0 Å². The predicted octanol–water partition coefficient (Wildman–Crippen LogP) is 1.78. The molecule has 0 saturated carbocycles. The lowest BCUT2D eigenvalue weighted by atomic mass is 9.87. The average molecular weight is 262 g/mol. The van der Waals surface area contributed by atoms with Crippen molar-refractivity contribution >= 4 is 17.5 Å². The first-order valence-electron chi connectivity index (χ1n) is 5.94. The van der Waals surface area contributed by atoms with E-state index < -0.39 is 18.0 Å². The summed E-state index contributed by atoms with van der Waals surface area (Å²) in [5.41, 5.74) is 0.342. The maximum absolute atomic E-state index is 12.2. The largest absolute Gasteiger partial charge is 0.489 e. The molecule has 0 aromatic heterocycles. The van der Waals surface area contributed by atoms with E-state index in [0.29, 0.717) is 17.1 Å². The van der Waals surface area contributed by atoms with E-state index in [1.165, 1.54) is 32.0 Å². The van der Waals surface area contributed by atoms with Gasteiger partial charge < -0.3 is 9.47 Å². The standard InChI is InChI=1S/C14H14O5/c1-7(15)13-8(2)18-12-6-10(19-9(3)16)4-5-11(12)14(13)17/h4-6,8,13H,1-3H3/t8-,13-/m0/s1. The maximum Gasteiger partial charge on any atom is 0.308 e. The SMILES string of the molecule is CC(=O)Oc1ccc2c(c1)O[C@@H](C)[C@H](C(C)=O)C2=O. The van der Waals surface area contributed by atoms with Crippen molar-refractivity contribution in [1.29, 1.82) is 0 Å². The number of ketones is 2. The molecular weight excluding hydrogens is 248 g/mol. The summed E-state index contributed by atoms with van der Waals surface area (Å²) >= 11 is 0. The third kappa shape index (κ3) is 2.50. The number of esters is 1. The van der Waals surface area contributed by atoms with Crippen LogP contribution in [0.4, 0.5) is 0 Å². The Morgan fingerprint density at radius 2 is 1.95 bits per heavy atom. The fourth-order valence-corrected chi connectivity index (χ4v) is 2.20. The van der Waals surface area contributed by atoms with E-state index in [1.54, 1.807) is 6.92 Å². The van der Waals surface area contributed by atoms with Crippen LogP contribution in [0.15, 0.2) is 18.2 Å². The van der Waals surface area contributed by atoms with Crippen LogP contribution < -0.4 is 9.47 Å². The summed E-state index contributed by atoms with van der Waals surface area (Å²) in [6, 6.07) is 4.51. The van der Waals surface area contributed by atoms with E-state index in [1.807, 2.05) is 0 Å². The van der Waals surface area contributed by atoms with E-state index in [4.69, 9.17) is 9.47 Å². The Labute approximate surface area is 110 Å².